The summed E-state index contributed by atoms with van der Waals surface area (Å²) in [6.07, 6.45) is 2.20. The fourth-order valence-corrected chi connectivity index (χ4v) is 2.35. The van der Waals surface area contributed by atoms with Crippen LogP contribution in [0.15, 0.2) is 30.5 Å². The van der Waals surface area contributed by atoms with Crippen LogP contribution in [-0.4, -0.2) is 40.7 Å². The van der Waals surface area contributed by atoms with Crippen LogP contribution in [0.3, 0.4) is 0 Å². The van der Waals surface area contributed by atoms with Crippen molar-refractivity contribution in [2.75, 3.05) is 6.61 Å². The summed E-state index contributed by atoms with van der Waals surface area (Å²) in [5.41, 5.74) is 1.92. The Labute approximate surface area is 128 Å². The third-order valence-corrected chi connectivity index (χ3v) is 3.49. The monoisotopic (exact) mass is 304 g/mol. The van der Waals surface area contributed by atoms with Crippen molar-refractivity contribution in [1.82, 2.24) is 10.3 Å². The number of ether oxygens (including phenoxy) is 1. The van der Waals surface area contributed by atoms with E-state index in [1.165, 1.54) is 6.92 Å². The van der Waals surface area contributed by atoms with Crippen LogP contribution in [0.5, 0.6) is 0 Å². The largest absolute Gasteiger partial charge is 0.480 e. The number of carboxylic acid groups (broad SMARTS) is 1. The number of carbonyl (C=O) groups is 2. The van der Waals surface area contributed by atoms with E-state index in [1.54, 1.807) is 6.92 Å². The summed E-state index contributed by atoms with van der Waals surface area (Å²) >= 11 is 0. The molecule has 3 N–H and O–H groups in total. The number of aromatic amines is 1. The number of hydrogen-bond acceptors (Lipinski definition) is 4. The van der Waals surface area contributed by atoms with Gasteiger partial charge in [0.25, 0.3) is 0 Å². The van der Waals surface area contributed by atoms with Crippen molar-refractivity contribution in [1.29, 1.82) is 0 Å². The third-order valence-electron chi connectivity index (χ3n) is 3.49. The Balaban J connectivity index is 2.21. The van der Waals surface area contributed by atoms with Crippen LogP contribution < -0.4 is 5.32 Å². The smallest absolute Gasteiger partial charge is 0.323 e. The first-order valence-electron chi connectivity index (χ1n) is 7.23. The van der Waals surface area contributed by atoms with Gasteiger partial charge in [0.1, 0.15) is 12.1 Å². The number of esters is 1. The third kappa shape index (κ3) is 3.65. The molecule has 0 aliphatic rings. The second kappa shape index (κ2) is 7.09. The molecular weight excluding hydrogens is 284 g/mol. The number of H-pyrrole nitrogens is 1. The summed E-state index contributed by atoms with van der Waals surface area (Å²) in [5, 5.41) is 12.9. The van der Waals surface area contributed by atoms with Gasteiger partial charge in [0, 0.05) is 23.5 Å². The molecule has 1 unspecified atom stereocenters. The summed E-state index contributed by atoms with van der Waals surface area (Å²) in [6, 6.07) is 6.22. The molecule has 1 heterocycles. The van der Waals surface area contributed by atoms with E-state index >= 15 is 0 Å². The lowest BCUT2D eigenvalue weighted by atomic mass is 10.0. The molecule has 2 atom stereocenters. The molecule has 0 amide bonds. The van der Waals surface area contributed by atoms with Crippen LogP contribution in [0.1, 0.15) is 19.4 Å². The lowest BCUT2D eigenvalue weighted by Crippen LogP contribution is -2.47. The average molecular weight is 304 g/mol. The first-order chi connectivity index (χ1) is 10.5. The van der Waals surface area contributed by atoms with Gasteiger partial charge in [-0.05, 0) is 25.5 Å². The number of aliphatic carboxylic acids is 1. The molecule has 0 radical (unpaired) electrons. The normalized spacial score (nSPS) is 13.7. The van der Waals surface area contributed by atoms with E-state index in [0.29, 0.717) is 6.42 Å². The molecule has 6 heteroatoms. The topological polar surface area (TPSA) is 91.4 Å². The van der Waals surface area contributed by atoms with Crippen LogP contribution in [0.4, 0.5) is 0 Å². The SMILES string of the molecule is CCOC(=O)C(Cc1c[nH]c2ccccc12)N[C@@H](C)C(=O)O. The number of para-hydroxylation sites is 1. The molecule has 0 aliphatic carbocycles. The summed E-state index contributed by atoms with van der Waals surface area (Å²) in [5.74, 6) is -1.45. The van der Waals surface area contributed by atoms with E-state index in [9.17, 15) is 9.59 Å². The van der Waals surface area contributed by atoms with Gasteiger partial charge in [-0.25, -0.2) is 0 Å². The number of carboxylic acids is 1. The van der Waals surface area contributed by atoms with Crippen molar-refractivity contribution < 1.29 is 19.4 Å². The van der Waals surface area contributed by atoms with E-state index < -0.39 is 24.0 Å². The molecule has 1 aromatic heterocycles. The minimum atomic E-state index is -1.01. The molecule has 0 saturated heterocycles. The van der Waals surface area contributed by atoms with E-state index in [4.69, 9.17) is 9.84 Å². The molecule has 0 aliphatic heterocycles. The van der Waals surface area contributed by atoms with Crippen LogP contribution >= 0.6 is 0 Å². The van der Waals surface area contributed by atoms with Gasteiger partial charge < -0.3 is 14.8 Å². The summed E-state index contributed by atoms with van der Waals surface area (Å²) < 4.78 is 5.04. The minimum absolute atomic E-state index is 0.256. The lowest BCUT2D eigenvalue weighted by molar-refractivity contribution is -0.146. The van der Waals surface area contributed by atoms with Crippen LogP contribution in [0.25, 0.3) is 10.9 Å². The van der Waals surface area contributed by atoms with Gasteiger partial charge in [-0.2, -0.15) is 0 Å². The van der Waals surface area contributed by atoms with Gasteiger partial charge in [-0.3, -0.25) is 14.9 Å². The van der Waals surface area contributed by atoms with Crippen molar-refractivity contribution in [2.45, 2.75) is 32.4 Å². The second-order valence-corrected chi connectivity index (χ2v) is 5.09. The first kappa shape index (κ1) is 16.0. The highest BCUT2D eigenvalue weighted by molar-refractivity contribution is 5.85. The van der Waals surface area contributed by atoms with Crippen LogP contribution in [-0.2, 0) is 20.7 Å². The molecule has 0 spiro atoms. The zero-order valence-electron chi connectivity index (χ0n) is 12.6. The van der Waals surface area contributed by atoms with E-state index in [1.807, 2.05) is 30.5 Å². The van der Waals surface area contributed by atoms with Gasteiger partial charge in [-0.15, -0.1) is 0 Å². The molecule has 1 aromatic carbocycles. The number of carbonyl (C=O) groups excluding carboxylic acids is 1. The quantitative estimate of drug-likeness (QED) is 0.677. The molecule has 0 bridgehead atoms. The van der Waals surface area contributed by atoms with Crippen LogP contribution in [0, 0.1) is 0 Å². The van der Waals surface area contributed by atoms with E-state index in [2.05, 4.69) is 10.3 Å². The van der Waals surface area contributed by atoms with Crippen molar-refractivity contribution in [2.24, 2.45) is 0 Å². The standard InChI is InChI=1S/C16H20N2O4/c1-3-22-16(21)14(18-10(2)15(19)20)8-11-9-17-13-7-5-4-6-12(11)13/h4-7,9-10,14,17-18H,3,8H2,1-2H3,(H,19,20)/t10-,14?/m0/s1. The lowest BCUT2D eigenvalue weighted by Gasteiger charge is -2.19. The van der Waals surface area contributed by atoms with Crippen molar-refractivity contribution in [3.63, 3.8) is 0 Å². The maximum Gasteiger partial charge on any atom is 0.323 e. The highest BCUT2D eigenvalue weighted by Crippen LogP contribution is 2.19. The van der Waals surface area contributed by atoms with Crippen molar-refractivity contribution >= 4 is 22.8 Å². The predicted octanol–water partition coefficient (Wildman–Crippen LogP) is 1.70. The number of aromatic nitrogens is 1. The summed E-state index contributed by atoms with van der Waals surface area (Å²) in [7, 11) is 0. The Morgan fingerprint density at radius 2 is 2.09 bits per heavy atom. The van der Waals surface area contributed by atoms with Crippen LogP contribution in [0.2, 0.25) is 0 Å². The van der Waals surface area contributed by atoms with Gasteiger partial charge in [0.2, 0.25) is 0 Å². The Hall–Kier alpha value is -2.34. The van der Waals surface area contributed by atoms with Crippen molar-refractivity contribution in [3.8, 4) is 0 Å². The number of benzene rings is 1. The second-order valence-electron chi connectivity index (χ2n) is 5.09. The van der Waals surface area contributed by atoms with Gasteiger partial charge in [-0.1, -0.05) is 18.2 Å². The maximum atomic E-state index is 12.1. The molecule has 0 saturated carbocycles. The molecule has 2 aromatic rings. The van der Waals surface area contributed by atoms with E-state index in [0.717, 1.165) is 16.5 Å². The average Bonchev–Trinajstić information content (AvgIpc) is 2.90. The van der Waals surface area contributed by atoms with E-state index in [-0.39, 0.29) is 6.61 Å². The zero-order chi connectivity index (χ0) is 16.1. The highest BCUT2D eigenvalue weighted by Gasteiger charge is 2.25. The number of fused-ring (bicyclic) bond motifs is 1. The van der Waals surface area contributed by atoms with Gasteiger partial charge in [0.05, 0.1) is 6.61 Å². The molecular formula is C16H20N2O4. The van der Waals surface area contributed by atoms with Gasteiger partial charge >= 0.3 is 11.9 Å². The van der Waals surface area contributed by atoms with Gasteiger partial charge in [0.15, 0.2) is 0 Å². The minimum Gasteiger partial charge on any atom is -0.480 e. The van der Waals surface area contributed by atoms with Crippen molar-refractivity contribution in [3.05, 3.63) is 36.0 Å². The Kier molecular flexibility index (Phi) is 5.16. The molecule has 118 valence electrons. The first-order valence-corrected chi connectivity index (χ1v) is 7.23. The molecule has 2 rings (SSSR count). The Bertz CT molecular complexity index is 665. The fraction of sp³-hybridized carbons (Fsp3) is 0.375. The number of rotatable bonds is 7. The number of nitrogens with one attached hydrogen (secondary N) is 2. The summed E-state index contributed by atoms with van der Waals surface area (Å²) in [6.45, 7) is 3.48. The molecule has 22 heavy (non-hydrogen) atoms. The Morgan fingerprint density at radius 3 is 2.77 bits per heavy atom. The maximum absolute atomic E-state index is 12.1. The molecule has 6 nitrogen and oxygen atoms in total. The molecule has 0 fully saturated rings. The Morgan fingerprint density at radius 1 is 1.36 bits per heavy atom. The number of hydrogen-bond donors (Lipinski definition) is 3. The predicted molar refractivity (Wildman–Crippen MR) is 82.7 cm³/mol. The fourth-order valence-electron chi connectivity index (χ4n) is 2.35. The zero-order valence-corrected chi connectivity index (χ0v) is 12.6. The summed E-state index contributed by atoms with van der Waals surface area (Å²) in [4.78, 5) is 26.2. The highest BCUT2D eigenvalue weighted by atomic mass is 16.5.